The van der Waals surface area contributed by atoms with Gasteiger partial charge in [-0.1, -0.05) is 56.8 Å². The van der Waals surface area contributed by atoms with Crippen molar-refractivity contribution in [3.8, 4) is 17.5 Å². The fraction of sp³-hybridized carbons (Fsp3) is 0.304. The first-order chi connectivity index (χ1) is 15.2. The Morgan fingerprint density at radius 1 is 1.16 bits per heavy atom. The topological polar surface area (TPSA) is 101 Å². The van der Waals surface area contributed by atoms with Crippen molar-refractivity contribution in [3.05, 3.63) is 59.9 Å². The molecule has 0 aliphatic rings. The molecule has 1 heterocycles. The molecule has 0 bridgehead atoms. The van der Waals surface area contributed by atoms with Gasteiger partial charge in [0.1, 0.15) is 5.82 Å². The van der Waals surface area contributed by atoms with Crippen LogP contribution in [-0.4, -0.2) is 33.1 Å². The summed E-state index contributed by atoms with van der Waals surface area (Å²) in [6, 6.07) is 15.6. The van der Waals surface area contributed by atoms with Gasteiger partial charge in [-0.15, -0.1) is 10.2 Å². The highest BCUT2D eigenvalue weighted by Gasteiger charge is 2.19. The summed E-state index contributed by atoms with van der Waals surface area (Å²) in [7, 11) is 0. The van der Waals surface area contributed by atoms with Crippen molar-refractivity contribution in [2.75, 3.05) is 23.0 Å². The number of thioether (sulfide) groups is 1. The lowest BCUT2D eigenvalue weighted by atomic mass is 9.87. The van der Waals surface area contributed by atoms with E-state index < -0.39 is 5.82 Å². The highest BCUT2D eigenvalue weighted by Crippen LogP contribution is 2.27. The van der Waals surface area contributed by atoms with Crippen molar-refractivity contribution < 1.29 is 9.18 Å². The third-order valence-electron chi connectivity index (χ3n) is 4.88. The van der Waals surface area contributed by atoms with Crippen LogP contribution >= 0.6 is 11.8 Å². The van der Waals surface area contributed by atoms with Gasteiger partial charge in [0, 0.05) is 17.8 Å². The van der Waals surface area contributed by atoms with Gasteiger partial charge >= 0.3 is 0 Å². The van der Waals surface area contributed by atoms with Crippen molar-refractivity contribution in [1.29, 1.82) is 5.26 Å². The van der Waals surface area contributed by atoms with E-state index in [1.165, 1.54) is 39.4 Å². The van der Waals surface area contributed by atoms with E-state index in [1.807, 2.05) is 30.3 Å². The van der Waals surface area contributed by atoms with Crippen molar-refractivity contribution in [3.63, 3.8) is 0 Å². The van der Waals surface area contributed by atoms with Crippen LogP contribution in [0.1, 0.15) is 32.8 Å². The summed E-state index contributed by atoms with van der Waals surface area (Å²) >= 11 is 1.15. The Labute approximate surface area is 191 Å². The molecule has 3 rings (SSSR count). The summed E-state index contributed by atoms with van der Waals surface area (Å²) in [4.78, 5) is 14.3. The van der Waals surface area contributed by atoms with Crippen LogP contribution in [0.2, 0.25) is 0 Å². The zero-order chi connectivity index (χ0) is 23.3. The van der Waals surface area contributed by atoms with E-state index in [1.54, 1.807) is 0 Å². The Balaban J connectivity index is 1.72. The van der Waals surface area contributed by atoms with E-state index in [0.717, 1.165) is 17.3 Å². The molecule has 1 aromatic heterocycles. The van der Waals surface area contributed by atoms with Crippen LogP contribution in [-0.2, 0) is 10.2 Å². The van der Waals surface area contributed by atoms with E-state index in [4.69, 9.17) is 11.1 Å². The molecule has 3 aromatic rings. The number of aromatic nitrogens is 3. The van der Waals surface area contributed by atoms with E-state index in [0.29, 0.717) is 16.7 Å². The van der Waals surface area contributed by atoms with Crippen LogP contribution in [0.5, 0.6) is 0 Å². The minimum Gasteiger partial charge on any atom is -0.335 e. The fourth-order valence-electron chi connectivity index (χ4n) is 3.08. The van der Waals surface area contributed by atoms with Gasteiger partial charge in [-0.3, -0.25) is 4.79 Å². The molecule has 0 aliphatic carbocycles. The van der Waals surface area contributed by atoms with Crippen LogP contribution in [0.3, 0.4) is 0 Å². The van der Waals surface area contributed by atoms with Gasteiger partial charge in [-0.25, -0.2) is 9.07 Å². The van der Waals surface area contributed by atoms with Crippen molar-refractivity contribution in [2.24, 2.45) is 0 Å². The Bertz CT molecular complexity index is 1110. The first-order valence-electron chi connectivity index (χ1n) is 10.1. The fourth-order valence-corrected chi connectivity index (χ4v) is 3.81. The van der Waals surface area contributed by atoms with Gasteiger partial charge in [0.25, 0.3) is 0 Å². The number of nitriles is 1. The van der Waals surface area contributed by atoms with Gasteiger partial charge in [0.15, 0.2) is 5.82 Å². The predicted molar refractivity (Wildman–Crippen MR) is 124 cm³/mol. The summed E-state index contributed by atoms with van der Waals surface area (Å²) in [6.07, 6.45) is 0.162. The van der Waals surface area contributed by atoms with Gasteiger partial charge in [0.2, 0.25) is 11.1 Å². The first kappa shape index (κ1) is 23.3. The summed E-state index contributed by atoms with van der Waals surface area (Å²) in [5.41, 5.74) is 2.59. The lowest BCUT2D eigenvalue weighted by molar-refractivity contribution is -0.116. The average molecular weight is 453 g/mol. The molecule has 2 aromatic carbocycles. The van der Waals surface area contributed by atoms with Crippen LogP contribution < -0.4 is 10.7 Å². The highest BCUT2D eigenvalue weighted by molar-refractivity contribution is 7.99. The molecule has 166 valence electrons. The SMILES string of the molecule is CC(C)(C)c1ccc(-c2nnc(SCC(=O)N(CCC#N)c3ccc(F)cc3)n2N)cc1. The van der Waals surface area contributed by atoms with Crippen molar-refractivity contribution >= 4 is 23.4 Å². The molecule has 0 fully saturated rings. The van der Waals surface area contributed by atoms with Crippen molar-refractivity contribution in [2.45, 2.75) is 37.8 Å². The lowest BCUT2D eigenvalue weighted by Gasteiger charge is -2.21. The molecule has 0 saturated carbocycles. The number of nitrogen functional groups attached to an aromatic ring is 1. The van der Waals surface area contributed by atoms with E-state index in [2.05, 4.69) is 31.0 Å². The standard InChI is InChI=1S/C23H25FN6OS/c1-23(2,3)17-7-5-16(6-8-17)21-27-28-22(30(21)26)32-15-20(31)29(14-4-13-25)19-11-9-18(24)10-12-19/h5-12H,4,14-15,26H2,1-3H3. The van der Waals surface area contributed by atoms with Crippen LogP contribution in [0.15, 0.2) is 53.7 Å². The maximum Gasteiger partial charge on any atom is 0.237 e. The second-order valence-corrected chi connectivity index (χ2v) is 9.16. The molecule has 9 heteroatoms. The normalized spacial score (nSPS) is 11.2. The molecule has 32 heavy (non-hydrogen) atoms. The van der Waals surface area contributed by atoms with Gasteiger partial charge in [-0.2, -0.15) is 5.26 Å². The molecule has 0 aliphatic heterocycles. The minimum absolute atomic E-state index is 0.0399. The summed E-state index contributed by atoms with van der Waals surface area (Å²) in [6.45, 7) is 6.64. The molecule has 0 spiro atoms. The zero-order valence-electron chi connectivity index (χ0n) is 18.2. The van der Waals surface area contributed by atoms with Crippen LogP contribution in [0.4, 0.5) is 10.1 Å². The summed E-state index contributed by atoms with van der Waals surface area (Å²) in [5.74, 6) is 6.10. The predicted octanol–water partition coefficient (Wildman–Crippen LogP) is 4.13. The van der Waals surface area contributed by atoms with Gasteiger partial charge < -0.3 is 10.7 Å². The number of rotatable bonds is 7. The zero-order valence-corrected chi connectivity index (χ0v) is 19.1. The van der Waals surface area contributed by atoms with E-state index in [-0.39, 0.29) is 30.0 Å². The maximum atomic E-state index is 13.2. The number of carbonyl (C=O) groups is 1. The average Bonchev–Trinajstić information content (AvgIpc) is 3.13. The number of hydrogen-bond donors (Lipinski definition) is 1. The molecular weight excluding hydrogens is 427 g/mol. The largest absolute Gasteiger partial charge is 0.335 e. The molecule has 2 N–H and O–H groups in total. The Morgan fingerprint density at radius 3 is 2.41 bits per heavy atom. The minimum atomic E-state index is -0.393. The molecule has 7 nitrogen and oxygen atoms in total. The van der Waals surface area contributed by atoms with Crippen LogP contribution in [0, 0.1) is 17.1 Å². The molecule has 0 saturated heterocycles. The number of benzene rings is 2. The van der Waals surface area contributed by atoms with Gasteiger partial charge in [-0.05, 0) is 35.2 Å². The second-order valence-electron chi connectivity index (χ2n) is 8.22. The summed E-state index contributed by atoms with van der Waals surface area (Å²) in [5, 5.41) is 17.6. The Morgan fingerprint density at radius 2 is 1.81 bits per heavy atom. The monoisotopic (exact) mass is 452 g/mol. The molecule has 1 amide bonds. The third-order valence-corrected chi connectivity index (χ3v) is 5.81. The number of anilines is 1. The lowest BCUT2D eigenvalue weighted by Crippen LogP contribution is -2.33. The molecule has 0 unspecified atom stereocenters. The number of halogens is 1. The van der Waals surface area contributed by atoms with Gasteiger partial charge in [0.05, 0.1) is 18.2 Å². The molecule has 0 radical (unpaired) electrons. The Hall–Kier alpha value is -3.38. The quantitative estimate of drug-likeness (QED) is 0.427. The molecule has 0 atom stereocenters. The number of amides is 1. The molecular formula is C23H25FN6OS. The smallest absolute Gasteiger partial charge is 0.237 e. The highest BCUT2D eigenvalue weighted by atomic mass is 32.2. The third kappa shape index (κ3) is 5.45. The van der Waals surface area contributed by atoms with Crippen LogP contribution in [0.25, 0.3) is 11.4 Å². The Kier molecular flexibility index (Phi) is 7.15. The summed E-state index contributed by atoms with van der Waals surface area (Å²) < 4.78 is 14.6. The number of nitrogens with zero attached hydrogens (tertiary/aromatic N) is 5. The maximum absolute atomic E-state index is 13.2. The van der Waals surface area contributed by atoms with E-state index >= 15 is 0 Å². The van der Waals surface area contributed by atoms with E-state index in [9.17, 15) is 9.18 Å². The first-order valence-corrected chi connectivity index (χ1v) is 11.1. The van der Waals surface area contributed by atoms with Crippen molar-refractivity contribution in [1.82, 2.24) is 14.9 Å². The number of nitrogens with two attached hydrogens (primary N) is 1. The number of carbonyl (C=O) groups excluding carboxylic acids is 1. The second kappa shape index (κ2) is 9.83. The number of hydrogen-bond acceptors (Lipinski definition) is 6.